The Kier molecular flexibility index (Phi) is 3.89. The fourth-order valence-corrected chi connectivity index (χ4v) is 1.48. The van der Waals surface area contributed by atoms with E-state index in [4.69, 9.17) is 5.11 Å². The molecular weight excluding hydrogens is 264 g/mol. The summed E-state index contributed by atoms with van der Waals surface area (Å²) in [6.07, 6.45) is 0. The van der Waals surface area contributed by atoms with Crippen LogP contribution in [0.5, 0.6) is 0 Å². The van der Waals surface area contributed by atoms with E-state index < -0.39 is 18.0 Å². The predicted molar refractivity (Wildman–Crippen MR) is 68.1 cm³/mol. The van der Waals surface area contributed by atoms with Crippen LogP contribution in [0.25, 0.3) is 0 Å². The monoisotopic (exact) mass is 276 g/mol. The van der Waals surface area contributed by atoms with E-state index in [1.807, 2.05) is 0 Å². The van der Waals surface area contributed by atoms with Crippen molar-refractivity contribution in [2.45, 2.75) is 13.0 Å². The van der Waals surface area contributed by atoms with E-state index >= 15 is 0 Å². The zero-order valence-corrected chi connectivity index (χ0v) is 10.5. The fraction of sp³-hybridized carbons (Fsp3) is 0.182. The van der Waals surface area contributed by atoms with Gasteiger partial charge in [0.05, 0.1) is 11.6 Å². The smallest absolute Gasteiger partial charge is 0.335 e. The van der Waals surface area contributed by atoms with E-state index in [-0.39, 0.29) is 5.56 Å². The standard InChI is InChI=1S/C11H12N6O3/c1-6(9-14-16-17-15-9)12-11(20)13-8-4-2-7(3-5-8)10(18)19/h2-6H,1H3,(H,18,19)(H2,12,13,20)(H,14,15,16,17). The minimum Gasteiger partial charge on any atom is -0.478 e. The maximum absolute atomic E-state index is 11.7. The number of nitrogens with one attached hydrogen (secondary N) is 3. The number of urea groups is 1. The lowest BCUT2D eigenvalue weighted by atomic mass is 10.2. The first-order valence-corrected chi connectivity index (χ1v) is 5.70. The Balaban J connectivity index is 1.92. The van der Waals surface area contributed by atoms with Gasteiger partial charge in [-0.05, 0) is 31.2 Å². The van der Waals surface area contributed by atoms with E-state index in [0.717, 1.165) is 0 Å². The summed E-state index contributed by atoms with van der Waals surface area (Å²) in [5.74, 6) is -0.659. The maximum Gasteiger partial charge on any atom is 0.335 e. The number of aromatic carboxylic acids is 1. The molecule has 4 N–H and O–H groups in total. The largest absolute Gasteiger partial charge is 0.478 e. The van der Waals surface area contributed by atoms with E-state index in [1.54, 1.807) is 6.92 Å². The average molecular weight is 276 g/mol. The molecule has 1 atom stereocenters. The van der Waals surface area contributed by atoms with Gasteiger partial charge in [-0.2, -0.15) is 5.21 Å². The fourth-order valence-electron chi connectivity index (χ4n) is 1.48. The van der Waals surface area contributed by atoms with Gasteiger partial charge in [-0.1, -0.05) is 5.21 Å². The van der Waals surface area contributed by atoms with Crippen molar-refractivity contribution in [1.29, 1.82) is 0 Å². The summed E-state index contributed by atoms with van der Waals surface area (Å²) in [6.45, 7) is 1.71. The molecule has 9 heteroatoms. The Morgan fingerprint density at radius 3 is 2.55 bits per heavy atom. The second kappa shape index (κ2) is 5.78. The summed E-state index contributed by atoms with van der Waals surface area (Å²) >= 11 is 0. The Morgan fingerprint density at radius 1 is 1.30 bits per heavy atom. The molecule has 9 nitrogen and oxygen atoms in total. The second-order valence-corrected chi connectivity index (χ2v) is 3.97. The van der Waals surface area contributed by atoms with Gasteiger partial charge in [-0.3, -0.25) is 0 Å². The molecule has 1 unspecified atom stereocenters. The van der Waals surface area contributed by atoms with Gasteiger partial charge in [0.15, 0.2) is 5.82 Å². The number of carbonyl (C=O) groups excluding carboxylic acids is 1. The number of anilines is 1. The third-order valence-electron chi connectivity index (χ3n) is 2.49. The van der Waals surface area contributed by atoms with Gasteiger partial charge in [-0.25, -0.2) is 9.59 Å². The van der Waals surface area contributed by atoms with Crippen molar-refractivity contribution in [2.75, 3.05) is 5.32 Å². The third kappa shape index (κ3) is 3.28. The molecule has 0 saturated heterocycles. The Hall–Kier alpha value is -2.97. The van der Waals surface area contributed by atoms with Gasteiger partial charge in [0, 0.05) is 5.69 Å². The molecule has 20 heavy (non-hydrogen) atoms. The molecule has 0 aliphatic carbocycles. The summed E-state index contributed by atoms with van der Waals surface area (Å²) in [7, 11) is 0. The summed E-state index contributed by atoms with van der Waals surface area (Å²) in [6, 6.07) is 4.95. The lowest BCUT2D eigenvalue weighted by molar-refractivity contribution is 0.0697. The molecule has 2 amide bonds. The van der Waals surface area contributed by atoms with Gasteiger partial charge in [0.2, 0.25) is 0 Å². The van der Waals surface area contributed by atoms with Crippen LogP contribution in [0.2, 0.25) is 0 Å². The quantitative estimate of drug-likeness (QED) is 0.652. The number of carbonyl (C=O) groups is 2. The lowest BCUT2D eigenvalue weighted by Crippen LogP contribution is -2.31. The minimum atomic E-state index is -1.02. The highest BCUT2D eigenvalue weighted by atomic mass is 16.4. The van der Waals surface area contributed by atoms with Crippen molar-refractivity contribution in [3.63, 3.8) is 0 Å². The molecule has 0 aliphatic rings. The Bertz CT molecular complexity index is 595. The summed E-state index contributed by atoms with van der Waals surface area (Å²) in [5, 5.41) is 27.1. The topological polar surface area (TPSA) is 133 Å². The van der Waals surface area contributed by atoms with Crippen LogP contribution in [-0.2, 0) is 0 Å². The molecule has 0 spiro atoms. The highest BCUT2D eigenvalue weighted by Gasteiger charge is 2.13. The van der Waals surface area contributed by atoms with E-state index in [9.17, 15) is 9.59 Å². The van der Waals surface area contributed by atoms with E-state index in [1.165, 1.54) is 24.3 Å². The number of benzene rings is 1. The first kappa shape index (κ1) is 13.5. The number of hydrogen-bond acceptors (Lipinski definition) is 5. The zero-order chi connectivity index (χ0) is 14.5. The number of tetrazole rings is 1. The molecule has 1 heterocycles. The van der Waals surface area contributed by atoms with Gasteiger partial charge in [0.1, 0.15) is 0 Å². The first-order chi connectivity index (χ1) is 9.56. The molecule has 0 fully saturated rings. The van der Waals surface area contributed by atoms with Gasteiger partial charge < -0.3 is 15.7 Å². The number of amides is 2. The van der Waals surface area contributed by atoms with Crippen molar-refractivity contribution in [2.24, 2.45) is 0 Å². The first-order valence-electron chi connectivity index (χ1n) is 5.70. The number of carboxylic acid groups (broad SMARTS) is 1. The molecule has 1 aromatic carbocycles. The summed E-state index contributed by atoms with van der Waals surface area (Å²) in [4.78, 5) is 22.4. The normalized spacial score (nSPS) is 11.7. The van der Waals surface area contributed by atoms with E-state index in [0.29, 0.717) is 11.5 Å². The maximum atomic E-state index is 11.7. The van der Waals surface area contributed by atoms with Gasteiger partial charge >= 0.3 is 12.0 Å². The average Bonchev–Trinajstić information content (AvgIpc) is 2.93. The number of aromatic amines is 1. The van der Waals surface area contributed by atoms with Crippen LogP contribution in [-0.4, -0.2) is 37.7 Å². The lowest BCUT2D eigenvalue weighted by Gasteiger charge is -2.11. The molecule has 0 aliphatic heterocycles. The van der Waals surface area contributed by atoms with Crippen molar-refractivity contribution in [3.8, 4) is 0 Å². The van der Waals surface area contributed by atoms with Crippen molar-refractivity contribution < 1.29 is 14.7 Å². The Labute approximate surface area is 113 Å². The number of aromatic nitrogens is 4. The predicted octanol–water partition coefficient (Wildman–Crippen LogP) is 0.781. The molecule has 0 saturated carbocycles. The second-order valence-electron chi connectivity index (χ2n) is 3.97. The molecular formula is C11H12N6O3. The van der Waals surface area contributed by atoms with E-state index in [2.05, 4.69) is 31.3 Å². The molecule has 104 valence electrons. The number of hydrogen-bond donors (Lipinski definition) is 4. The minimum absolute atomic E-state index is 0.149. The zero-order valence-electron chi connectivity index (χ0n) is 10.5. The Morgan fingerprint density at radius 2 is 2.00 bits per heavy atom. The van der Waals surface area contributed by atoms with Crippen LogP contribution < -0.4 is 10.6 Å². The van der Waals surface area contributed by atoms with Crippen LogP contribution in [0, 0.1) is 0 Å². The van der Waals surface area contributed by atoms with Crippen molar-refractivity contribution in [1.82, 2.24) is 25.9 Å². The van der Waals surface area contributed by atoms with Crippen LogP contribution in [0.1, 0.15) is 29.1 Å². The van der Waals surface area contributed by atoms with Gasteiger partial charge in [-0.15, -0.1) is 10.2 Å². The van der Waals surface area contributed by atoms with Crippen LogP contribution >= 0.6 is 0 Å². The van der Waals surface area contributed by atoms with Crippen LogP contribution in [0.4, 0.5) is 10.5 Å². The highest BCUT2D eigenvalue weighted by molar-refractivity contribution is 5.91. The SMILES string of the molecule is CC(NC(=O)Nc1ccc(C(=O)O)cc1)c1nn[nH]n1. The third-order valence-corrected chi connectivity index (χ3v) is 2.49. The van der Waals surface area contributed by atoms with Gasteiger partial charge in [0.25, 0.3) is 0 Å². The molecule has 2 aromatic rings. The number of rotatable bonds is 4. The molecule has 0 bridgehead atoms. The molecule has 1 aromatic heterocycles. The highest BCUT2D eigenvalue weighted by Crippen LogP contribution is 2.10. The van der Waals surface area contributed by atoms with Crippen LogP contribution in [0.15, 0.2) is 24.3 Å². The number of H-pyrrole nitrogens is 1. The molecule has 0 radical (unpaired) electrons. The molecule has 2 rings (SSSR count). The van der Waals surface area contributed by atoms with Crippen molar-refractivity contribution >= 4 is 17.7 Å². The number of nitrogens with zero attached hydrogens (tertiary/aromatic N) is 3. The van der Waals surface area contributed by atoms with Crippen molar-refractivity contribution in [3.05, 3.63) is 35.7 Å². The summed E-state index contributed by atoms with van der Waals surface area (Å²) < 4.78 is 0. The van der Waals surface area contributed by atoms with Crippen LogP contribution in [0.3, 0.4) is 0 Å². The summed E-state index contributed by atoms with van der Waals surface area (Å²) in [5.41, 5.74) is 0.629. The number of carboxylic acids is 1.